The molecule has 0 aromatic heterocycles. The summed E-state index contributed by atoms with van der Waals surface area (Å²) in [7, 11) is 0. The second-order valence-electron chi connectivity index (χ2n) is 16.8. The van der Waals surface area contributed by atoms with Crippen molar-refractivity contribution in [3.8, 4) is 44.5 Å². The molecule has 0 amide bonds. The third-order valence-corrected chi connectivity index (χ3v) is 13.3. The van der Waals surface area contributed by atoms with Crippen molar-refractivity contribution in [1.29, 1.82) is 0 Å². The monoisotopic (exact) mass is 813 g/mol. The Hall–Kier alpha value is -8.26. The van der Waals surface area contributed by atoms with Crippen LogP contribution in [0.3, 0.4) is 0 Å². The lowest BCUT2D eigenvalue weighted by Gasteiger charge is -2.33. The van der Waals surface area contributed by atoms with Gasteiger partial charge in [0.15, 0.2) is 0 Å². The van der Waals surface area contributed by atoms with E-state index in [9.17, 15) is 0 Å². The van der Waals surface area contributed by atoms with E-state index in [1.807, 2.05) is 0 Å². The molecular formula is C63H43N. The Balaban J connectivity index is 1.01. The molecule has 1 aliphatic carbocycles. The fourth-order valence-electron chi connectivity index (χ4n) is 10.4. The number of hydrogen-bond acceptors (Lipinski definition) is 1. The standard InChI is InChI=1S/C63H43N/c1-5-17-45(18-6-1)56-39-38-54(43-58(56)46-19-7-2-8-20-46)64(53-37-33-48-30-29-47-21-13-14-26-55(47)59(48)42-53)52-35-31-44(32-36-52)49-34-40-62-60(41-49)57-27-15-16-28-61(57)63(62,50-22-9-3-10-23-50)51-24-11-4-12-25-51/h1-43H. The molecular weight excluding hydrogens is 771 g/mol. The topological polar surface area (TPSA) is 3.24 Å². The fraction of sp³-hybridized carbons (Fsp3) is 0.0159. The first-order valence-corrected chi connectivity index (χ1v) is 22.2. The first kappa shape index (κ1) is 37.5. The number of fused-ring (bicyclic) bond motifs is 6. The van der Waals surface area contributed by atoms with Crippen molar-refractivity contribution < 1.29 is 0 Å². The molecule has 300 valence electrons. The lowest BCUT2D eigenvalue weighted by molar-refractivity contribution is 0.768. The Morgan fingerprint density at radius 3 is 1.45 bits per heavy atom. The van der Waals surface area contributed by atoms with Crippen LogP contribution >= 0.6 is 0 Å². The van der Waals surface area contributed by atoms with E-state index in [0.29, 0.717) is 0 Å². The van der Waals surface area contributed by atoms with Gasteiger partial charge in [-0.3, -0.25) is 0 Å². The molecule has 12 rings (SSSR count). The summed E-state index contributed by atoms with van der Waals surface area (Å²) in [6, 6.07) is 95.8. The average molecular weight is 814 g/mol. The Kier molecular flexibility index (Phi) is 9.13. The number of benzene rings is 11. The average Bonchev–Trinajstić information content (AvgIpc) is 3.68. The molecule has 0 unspecified atom stereocenters. The van der Waals surface area contributed by atoms with Crippen molar-refractivity contribution in [2.24, 2.45) is 0 Å². The minimum absolute atomic E-state index is 0.419. The van der Waals surface area contributed by atoms with Gasteiger partial charge in [-0.1, -0.05) is 218 Å². The normalized spacial score (nSPS) is 12.5. The van der Waals surface area contributed by atoms with Gasteiger partial charge >= 0.3 is 0 Å². The fourth-order valence-corrected chi connectivity index (χ4v) is 10.4. The molecule has 1 nitrogen and oxygen atoms in total. The summed E-state index contributed by atoms with van der Waals surface area (Å²) < 4.78 is 0. The van der Waals surface area contributed by atoms with Crippen molar-refractivity contribution in [2.75, 3.05) is 4.90 Å². The van der Waals surface area contributed by atoms with Crippen LogP contribution in [0, 0.1) is 0 Å². The van der Waals surface area contributed by atoms with Crippen LogP contribution in [0.1, 0.15) is 22.3 Å². The highest BCUT2D eigenvalue weighted by Crippen LogP contribution is 2.56. The number of anilines is 3. The molecule has 0 saturated heterocycles. The Morgan fingerprint density at radius 2 is 0.750 bits per heavy atom. The Labute approximate surface area is 374 Å². The molecule has 0 N–H and O–H groups in total. The maximum Gasteiger partial charge on any atom is 0.0713 e. The van der Waals surface area contributed by atoms with Crippen LogP contribution in [-0.2, 0) is 5.41 Å². The van der Waals surface area contributed by atoms with Crippen LogP contribution in [0.4, 0.5) is 17.1 Å². The van der Waals surface area contributed by atoms with E-state index in [-0.39, 0.29) is 0 Å². The highest BCUT2D eigenvalue weighted by atomic mass is 15.1. The van der Waals surface area contributed by atoms with Crippen LogP contribution in [0.5, 0.6) is 0 Å². The molecule has 0 fully saturated rings. The summed E-state index contributed by atoms with van der Waals surface area (Å²) in [6.07, 6.45) is 0. The zero-order valence-electron chi connectivity index (χ0n) is 35.3. The smallest absolute Gasteiger partial charge is 0.0713 e. The van der Waals surface area contributed by atoms with Crippen LogP contribution in [-0.4, -0.2) is 0 Å². The van der Waals surface area contributed by atoms with Gasteiger partial charge in [0, 0.05) is 17.1 Å². The van der Waals surface area contributed by atoms with Gasteiger partial charge < -0.3 is 4.90 Å². The van der Waals surface area contributed by atoms with Gasteiger partial charge in [0.2, 0.25) is 0 Å². The molecule has 0 saturated carbocycles. The molecule has 0 aliphatic heterocycles. The van der Waals surface area contributed by atoms with E-state index in [0.717, 1.165) is 17.1 Å². The quantitative estimate of drug-likeness (QED) is 0.138. The van der Waals surface area contributed by atoms with Gasteiger partial charge in [0.05, 0.1) is 5.41 Å². The van der Waals surface area contributed by atoms with Crippen LogP contribution < -0.4 is 4.90 Å². The van der Waals surface area contributed by atoms with Gasteiger partial charge in [-0.25, -0.2) is 0 Å². The third-order valence-electron chi connectivity index (χ3n) is 13.3. The van der Waals surface area contributed by atoms with Gasteiger partial charge in [-0.2, -0.15) is 0 Å². The molecule has 64 heavy (non-hydrogen) atoms. The van der Waals surface area contributed by atoms with Crippen molar-refractivity contribution in [2.45, 2.75) is 5.41 Å². The molecule has 1 aliphatic rings. The summed E-state index contributed by atoms with van der Waals surface area (Å²) in [5, 5.41) is 4.96. The molecule has 11 aromatic rings. The summed E-state index contributed by atoms with van der Waals surface area (Å²) in [4.78, 5) is 2.42. The first-order chi connectivity index (χ1) is 31.7. The van der Waals surface area contributed by atoms with Gasteiger partial charge in [-0.05, 0) is 131 Å². The van der Waals surface area contributed by atoms with Crippen molar-refractivity contribution >= 4 is 38.6 Å². The highest BCUT2D eigenvalue weighted by molar-refractivity contribution is 6.09. The highest BCUT2D eigenvalue weighted by Gasteiger charge is 2.46. The van der Waals surface area contributed by atoms with Crippen molar-refractivity contribution in [1.82, 2.24) is 0 Å². The maximum atomic E-state index is 2.42. The van der Waals surface area contributed by atoms with Crippen LogP contribution in [0.2, 0.25) is 0 Å². The largest absolute Gasteiger partial charge is 0.310 e. The zero-order valence-corrected chi connectivity index (χ0v) is 35.3. The maximum absolute atomic E-state index is 2.42. The lowest BCUT2D eigenvalue weighted by Crippen LogP contribution is -2.28. The molecule has 0 atom stereocenters. The molecule has 0 spiro atoms. The minimum Gasteiger partial charge on any atom is -0.310 e. The molecule has 11 aromatic carbocycles. The van der Waals surface area contributed by atoms with Crippen molar-refractivity contribution in [3.63, 3.8) is 0 Å². The summed E-state index contributed by atoms with van der Waals surface area (Å²) in [5.74, 6) is 0. The summed E-state index contributed by atoms with van der Waals surface area (Å²) in [6.45, 7) is 0. The van der Waals surface area contributed by atoms with Crippen LogP contribution in [0.15, 0.2) is 261 Å². The predicted octanol–water partition coefficient (Wildman–Crippen LogP) is 16.8. The number of rotatable bonds is 8. The predicted molar refractivity (Wildman–Crippen MR) is 270 cm³/mol. The van der Waals surface area contributed by atoms with Crippen LogP contribution in [0.25, 0.3) is 66.1 Å². The number of hydrogen-bond donors (Lipinski definition) is 0. The van der Waals surface area contributed by atoms with Crippen molar-refractivity contribution in [3.05, 3.63) is 283 Å². The van der Waals surface area contributed by atoms with E-state index in [4.69, 9.17) is 0 Å². The summed E-state index contributed by atoms with van der Waals surface area (Å²) >= 11 is 0. The third kappa shape index (κ3) is 6.16. The van der Waals surface area contributed by atoms with E-state index in [1.54, 1.807) is 0 Å². The molecule has 0 radical (unpaired) electrons. The molecule has 0 heterocycles. The van der Waals surface area contributed by atoms with Gasteiger partial charge in [0.25, 0.3) is 0 Å². The Bertz CT molecular complexity index is 3430. The second kappa shape index (κ2) is 15.6. The van der Waals surface area contributed by atoms with E-state index >= 15 is 0 Å². The van der Waals surface area contributed by atoms with Gasteiger partial charge in [0.1, 0.15) is 0 Å². The van der Waals surface area contributed by atoms with E-state index < -0.39 is 5.41 Å². The molecule has 0 bridgehead atoms. The lowest BCUT2D eigenvalue weighted by atomic mass is 9.67. The molecule has 1 heteroatoms. The SMILES string of the molecule is c1ccc(-c2ccc(N(c3ccc(-c4ccc5c(c4)-c4ccccc4C5(c4ccccc4)c4ccccc4)cc3)c3ccc4ccc5ccccc5c4c3)cc2-c2ccccc2)cc1. The van der Waals surface area contributed by atoms with E-state index in [2.05, 4.69) is 266 Å². The second-order valence-corrected chi connectivity index (χ2v) is 16.8. The van der Waals surface area contributed by atoms with E-state index in [1.165, 1.54) is 88.3 Å². The number of nitrogens with zero attached hydrogens (tertiary/aromatic N) is 1. The minimum atomic E-state index is -0.419. The first-order valence-electron chi connectivity index (χ1n) is 22.2. The Morgan fingerprint density at radius 1 is 0.250 bits per heavy atom. The summed E-state index contributed by atoms with van der Waals surface area (Å²) in [5.41, 5.74) is 17.8. The van der Waals surface area contributed by atoms with Gasteiger partial charge in [-0.15, -0.1) is 0 Å². The zero-order chi connectivity index (χ0) is 42.5.